The van der Waals surface area contributed by atoms with Gasteiger partial charge in [-0.05, 0) is 50.3 Å². The van der Waals surface area contributed by atoms with E-state index in [2.05, 4.69) is 55.4 Å². The molecule has 2 aromatic heterocycles. The van der Waals surface area contributed by atoms with Crippen molar-refractivity contribution in [1.82, 2.24) is 29.5 Å². The SMILES string of the molecule is COc1cc(CN2C[C@H]3C[C@@H]2CN3C)ccc1Cn1ncc2nc(N)nc(NCC3CC4(C3)CC4F)c21. The Morgan fingerprint density at radius 1 is 1.16 bits per heavy atom. The molecule has 1 aromatic carbocycles. The number of nitrogens with zero attached hydrogens (tertiary/aromatic N) is 6. The second kappa shape index (κ2) is 8.52. The maximum absolute atomic E-state index is 13.6. The van der Waals surface area contributed by atoms with Gasteiger partial charge in [-0.15, -0.1) is 0 Å². The first-order valence-electron chi connectivity index (χ1n) is 13.4. The minimum absolute atomic E-state index is 0.0123. The minimum atomic E-state index is -0.597. The molecule has 3 aromatic rings. The molecular formula is C27H35FN8O. The van der Waals surface area contributed by atoms with E-state index in [0.29, 0.717) is 35.9 Å². The molecular weight excluding hydrogens is 471 g/mol. The molecule has 3 atom stereocenters. The van der Waals surface area contributed by atoms with Crippen LogP contribution in [0.5, 0.6) is 5.75 Å². The van der Waals surface area contributed by atoms with Crippen LogP contribution < -0.4 is 15.8 Å². The Kier molecular flexibility index (Phi) is 5.34. The van der Waals surface area contributed by atoms with Crippen molar-refractivity contribution in [2.75, 3.05) is 44.8 Å². The minimum Gasteiger partial charge on any atom is -0.496 e. The molecule has 2 saturated heterocycles. The highest BCUT2D eigenvalue weighted by atomic mass is 19.1. The Hall–Kier alpha value is -2.98. The molecule has 2 saturated carbocycles. The van der Waals surface area contributed by atoms with Crippen LogP contribution in [0.15, 0.2) is 24.4 Å². The van der Waals surface area contributed by atoms with Crippen LogP contribution in [0.1, 0.15) is 36.8 Å². The number of piperazine rings is 1. The molecule has 9 nitrogen and oxygen atoms in total. The first kappa shape index (κ1) is 23.2. The largest absolute Gasteiger partial charge is 0.496 e. The Labute approximate surface area is 216 Å². The molecule has 2 aliphatic heterocycles. The highest BCUT2D eigenvalue weighted by Gasteiger charge is 2.62. The van der Waals surface area contributed by atoms with Gasteiger partial charge in [0.2, 0.25) is 5.95 Å². The van der Waals surface area contributed by atoms with Gasteiger partial charge in [0, 0.05) is 49.2 Å². The number of hydrogen-bond acceptors (Lipinski definition) is 8. The van der Waals surface area contributed by atoms with Crippen molar-refractivity contribution in [2.24, 2.45) is 11.3 Å². The van der Waals surface area contributed by atoms with Gasteiger partial charge in [-0.3, -0.25) is 9.58 Å². The maximum Gasteiger partial charge on any atom is 0.222 e. The highest BCUT2D eigenvalue weighted by molar-refractivity contribution is 5.86. The molecule has 4 fully saturated rings. The molecule has 1 spiro atoms. The van der Waals surface area contributed by atoms with E-state index in [1.54, 1.807) is 13.3 Å². The zero-order valence-corrected chi connectivity index (χ0v) is 21.5. The molecule has 4 aliphatic rings. The van der Waals surface area contributed by atoms with Crippen LogP contribution in [0.4, 0.5) is 16.2 Å². The smallest absolute Gasteiger partial charge is 0.222 e. The van der Waals surface area contributed by atoms with Crippen LogP contribution >= 0.6 is 0 Å². The van der Waals surface area contributed by atoms with Crippen LogP contribution in [0, 0.1) is 11.3 Å². The van der Waals surface area contributed by atoms with Crippen molar-refractivity contribution in [1.29, 1.82) is 0 Å². The van der Waals surface area contributed by atoms with Crippen molar-refractivity contribution in [2.45, 2.75) is 57.0 Å². The normalized spacial score (nSPS) is 30.8. The third-order valence-electron chi connectivity index (χ3n) is 9.23. The molecule has 196 valence electrons. The van der Waals surface area contributed by atoms with Gasteiger partial charge >= 0.3 is 0 Å². The number of nitrogens with two attached hydrogens (primary N) is 1. The molecule has 2 bridgehead atoms. The number of benzene rings is 1. The lowest BCUT2D eigenvalue weighted by molar-refractivity contribution is 0.143. The summed E-state index contributed by atoms with van der Waals surface area (Å²) in [7, 11) is 3.96. The second-order valence-corrected chi connectivity index (χ2v) is 11.7. The van der Waals surface area contributed by atoms with E-state index in [1.807, 2.05) is 4.68 Å². The molecule has 0 radical (unpaired) electrons. The van der Waals surface area contributed by atoms with Gasteiger partial charge in [-0.2, -0.15) is 10.1 Å². The van der Waals surface area contributed by atoms with Gasteiger partial charge in [0.05, 0.1) is 19.9 Å². The number of ether oxygens (including phenoxy) is 1. The average Bonchev–Trinajstić information content (AvgIpc) is 3.16. The predicted molar refractivity (Wildman–Crippen MR) is 140 cm³/mol. The highest BCUT2D eigenvalue weighted by Crippen LogP contribution is 2.64. The van der Waals surface area contributed by atoms with Gasteiger partial charge in [-0.1, -0.05) is 12.1 Å². The standard InChI is InChI=1S/C27H35FN8O/c1-34-14-20-6-19(34)15-35(20)12-16-3-4-18(22(5-16)37-2)13-36-24-21(11-31-36)32-26(29)33-25(24)30-10-17-7-27(8-17)9-23(27)28/h3-5,11,17,19-20,23H,6-10,12-15H2,1-2H3,(H3,29,30,32,33)/t17?,19-,20-,23?,27?/m1/s1. The summed E-state index contributed by atoms with van der Waals surface area (Å²) in [5.41, 5.74) is 9.82. The van der Waals surface area contributed by atoms with Gasteiger partial charge in [0.15, 0.2) is 5.82 Å². The predicted octanol–water partition coefficient (Wildman–Crippen LogP) is 2.90. The van der Waals surface area contributed by atoms with E-state index < -0.39 is 6.17 Å². The van der Waals surface area contributed by atoms with Gasteiger partial charge < -0.3 is 20.7 Å². The van der Waals surface area contributed by atoms with Crippen LogP contribution in [-0.2, 0) is 13.1 Å². The number of fused-ring (bicyclic) bond motifs is 3. The lowest BCUT2D eigenvalue weighted by Gasteiger charge is -2.35. The summed E-state index contributed by atoms with van der Waals surface area (Å²) < 4.78 is 21.3. The number of likely N-dealkylation sites (tertiary alicyclic amines) is 2. The number of halogens is 1. The van der Waals surface area contributed by atoms with E-state index in [9.17, 15) is 4.39 Å². The first-order chi connectivity index (χ1) is 17.9. The fourth-order valence-corrected chi connectivity index (χ4v) is 7.01. The number of methoxy groups -OCH3 is 1. The lowest BCUT2D eigenvalue weighted by atomic mass is 9.71. The summed E-state index contributed by atoms with van der Waals surface area (Å²) in [4.78, 5) is 14.0. The molecule has 4 heterocycles. The van der Waals surface area contributed by atoms with Crippen molar-refractivity contribution in [3.63, 3.8) is 0 Å². The topological polar surface area (TPSA) is 97.4 Å². The lowest BCUT2D eigenvalue weighted by Crippen LogP contribution is -2.43. The van der Waals surface area contributed by atoms with E-state index in [-0.39, 0.29) is 11.4 Å². The fraction of sp³-hybridized carbons (Fsp3) is 0.593. The number of alkyl halides is 1. The quantitative estimate of drug-likeness (QED) is 0.482. The van der Waals surface area contributed by atoms with Crippen molar-refractivity contribution < 1.29 is 9.13 Å². The number of nitrogen functional groups attached to an aromatic ring is 1. The summed E-state index contributed by atoms with van der Waals surface area (Å²) in [5, 5.41) is 8.07. The van der Waals surface area contributed by atoms with Crippen molar-refractivity contribution >= 4 is 22.8 Å². The van der Waals surface area contributed by atoms with E-state index in [1.165, 1.54) is 12.0 Å². The zero-order valence-electron chi connectivity index (χ0n) is 21.5. The summed E-state index contributed by atoms with van der Waals surface area (Å²) in [5.74, 6) is 2.22. The monoisotopic (exact) mass is 506 g/mol. The summed E-state index contributed by atoms with van der Waals surface area (Å²) in [6, 6.07) is 7.85. The Morgan fingerprint density at radius 3 is 2.70 bits per heavy atom. The molecule has 7 rings (SSSR count). The molecule has 0 amide bonds. The number of likely N-dealkylation sites (N-methyl/N-ethyl adjacent to an activating group) is 1. The van der Waals surface area contributed by atoms with Crippen LogP contribution in [0.25, 0.3) is 11.0 Å². The second-order valence-electron chi connectivity index (χ2n) is 11.7. The van der Waals surface area contributed by atoms with Crippen LogP contribution in [0.3, 0.4) is 0 Å². The summed E-state index contributed by atoms with van der Waals surface area (Å²) in [6.07, 6.45) is 5.04. The third-order valence-corrected chi connectivity index (χ3v) is 9.23. The maximum atomic E-state index is 13.6. The Morgan fingerprint density at radius 2 is 2.00 bits per heavy atom. The molecule has 3 N–H and O–H groups in total. The fourth-order valence-electron chi connectivity index (χ4n) is 7.01. The van der Waals surface area contributed by atoms with Gasteiger partial charge in [-0.25, -0.2) is 9.37 Å². The van der Waals surface area contributed by atoms with E-state index in [4.69, 9.17) is 10.5 Å². The zero-order chi connectivity index (χ0) is 25.3. The number of nitrogens with one attached hydrogen (secondary N) is 1. The number of hydrogen-bond donors (Lipinski definition) is 2. The van der Waals surface area contributed by atoms with Crippen molar-refractivity contribution in [3.05, 3.63) is 35.5 Å². The van der Waals surface area contributed by atoms with Crippen molar-refractivity contribution in [3.8, 4) is 5.75 Å². The number of anilines is 2. The third kappa shape index (κ3) is 4.01. The van der Waals surface area contributed by atoms with E-state index in [0.717, 1.165) is 62.3 Å². The van der Waals surface area contributed by atoms with Gasteiger partial charge in [0.1, 0.15) is 23.0 Å². The Balaban J connectivity index is 1.08. The van der Waals surface area contributed by atoms with Gasteiger partial charge in [0.25, 0.3) is 0 Å². The van der Waals surface area contributed by atoms with Crippen LogP contribution in [-0.4, -0.2) is 81.6 Å². The van der Waals surface area contributed by atoms with Crippen LogP contribution in [0.2, 0.25) is 0 Å². The molecule has 37 heavy (non-hydrogen) atoms. The summed E-state index contributed by atoms with van der Waals surface area (Å²) >= 11 is 0. The molecule has 2 aliphatic carbocycles. The van der Waals surface area contributed by atoms with E-state index >= 15 is 0 Å². The molecule has 10 heteroatoms. The molecule has 1 unspecified atom stereocenters. The summed E-state index contributed by atoms with van der Waals surface area (Å²) in [6.45, 7) is 4.53. The Bertz CT molecular complexity index is 1340. The number of aromatic nitrogens is 4. The average molecular weight is 507 g/mol. The first-order valence-corrected chi connectivity index (χ1v) is 13.4. The number of rotatable bonds is 8.